The first kappa shape index (κ1) is 18.9. The molecule has 5 heteroatoms. The molecule has 0 aromatic heterocycles. The first-order chi connectivity index (χ1) is 14.1. The zero-order valence-electron chi connectivity index (χ0n) is 16.0. The number of rotatable bonds is 5. The van der Waals surface area contributed by atoms with Gasteiger partial charge in [-0.25, -0.2) is 4.79 Å². The first-order valence-electron chi connectivity index (χ1n) is 9.38. The van der Waals surface area contributed by atoms with Crippen LogP contribution < -0.4 is 4.90 Å². The van der Waals surface area contributed by atoms with Gasteiger partial charge >= 0.3 is 5.97 Å². The zero-order valence-corrected chi connectivity index (χ0v) is 16.0. The van der Waals surface area contributed by atoms with Gasteiger partial charge in [-0.2, -0.15) is 0 Å². The van der Waals surface area contributed by atoms with Crippen LogP contribution >= 0.6 is 0 Å². The number of anilines is 1. The summed E-state index contributed by atoms with van der Waals surface area (Å²) in [6.45, 7) is 0.346. The maximum atomic E-state index is 13.6. The van der Waals surface area contributed by atoms with Gasteiger partial charge in [0.1, 0.15) is 5.92 Å². The Morgan fingerprint density at radius 3 is 2.21 bits per heavy atom. The van der Waals surface area contributed by atoms with Crippen LogP contribution in [0.4, 0.5) is 5.69 Å². The van der Waals surface area contributed by atoms with E-state index < -0.39 is 17.5 Å². The van der Waals surface area contributed by atoms with Crippen LogP contribution in [0.2, 0.25) is 0 Å². The van der Waals surface area contributed by atoms with Crippen LogP contribution in [-0.2, 0) is 26.5 Å². The van der Waals surface area contributed by atoms with E-state index in [1.165, 1.54) is 7.11 Å². The zero-order chi connectivity index (χ0) is 20.4. The SMILES string of the molecule is COC(=O)[C@](O)(c1ccccc1)[C@@H]1C(=O)N(Cc2ccccc2)c2ccccc21. The summed E-state index contributed by atoms with van der Waals surface area (Å²) >= 11 is 0. The molecule has 3 aromatic rings. The number of benzene rings is 3. The highest BCUT2D eigenvalue weighted by Crippen LogP contribution is 2.48. The van der Waals surface area contributed by atoms with Crippen molar-refractivity contribution in [3.8, 4) is 0 Å². The normalized spacial score (nSPS) is 17.5. The van der Waals surface area contributed by atoms with Crippen molar-refractivity contribution in [1.82, 2.24) is 0 Å². The molecule has 3 aromatic carbocycles. The number of carbonyl (C=O) groups is 2. The van der Waals surface area contributed by atoms with Crippen LogP contribution in [0.3, 0.4) is 0 Å². The maximum absolute atomic E-state index is 13.6. The van der Waals surface area contributed by atoms with E-state index in [0.717, 1.165) is 5.56 Å². The van der Waals surface area contributed by atoms with Crippen LogP contribution in [0.15, 0.2) is 84.9 Å². The Labute approximate surface area is 169 Å². The molecule has 29 heavy (non-hydrogen) atoms. The van der Waals surface area contributed by atoms with Crippen LogP contribution in [0.5, 0.6) is 0 Å². The number of nitrogens with zero attached hydrogens (tertiary/aromatic N) is 1. The second-order valence-corrected chi connectivity index (χ2v) is 7.03. The van der Waals surface area contributed by atoms with E-state index in [1.807, 2.05) is 42.5 Å². The van der Waals surface area contributed by atoms with Crippen LogP contribution in [0.25, 0.3) is 0 Å². The lowest BCUT2D eigenvalue weighted by Gasteiger charge is -2.31. The van der Waals surface area contributed by atoms with Gasteiger partial charge in [-0.15, -0.1) is 0 Å². The number of ether oxygens (including phenoxy) is 1. The van der Waals surface area contributed by atoms with Gasteiger partial charge in [0.2, 0.25) is 11.5 Å². The van der Waals surface area contributed by atoms with Crippen LogP contribution in [0.1, 0.15) is 22.6 Å². The van der Waals surface area contributed by atoms with Crippen molar-refractivity contribution in [3.05, 3.63) is 102 Å². The largest absolute Gasteiger partial charge is 0.467 e. The highest BCUT2D eigenvalue weighted by molar-refractivity contribution is 6.08. The minimum Gasteiger partial charge on any atom is -0.467 e. The molecule has 0 unspecified atom stereocenters. The minimum atomic E-state index is -2.13. The Morgan fingerprint density at radius 1 is 0.966 bits per heavy atom. The summed E-state index contributed by atoms with van der Waals surface area (Å²) in [4.78, 5) is 28.0. The van der Waals surface area contributed by atoms with E-state index in [1.54, 1.807) is 47.4 Å². The molecule has 1 N–H and O–H groups in total. The third-order valence-electron chi connectivity index (χ3n) is 5.36. The lowest BCUT2D eigenvalue weighted by atomic mass is 9.78. The van der Waals surface area contributed by atoms with Gasteiger partial charge in [0.05, 0.1) is 13.7 Å². The van der Waals surface area contributed by atoms with Crippen molar-refractivity contribution < 1.29 is 19.4 Å². The number of methoxy groups -OCH3 is 1. The van der Waals surface area contributed by atoms with E-state index in [4.69, 9.17) is 4.74 Å². The number of esters is 1. The highest BCUT2D eigenvalue weighted by atomic mass is 16.5. The summed E-state index contributed by atoms with van der Waals surface area (Å²) in [5, 5.41) is 11.6. The summed E-state index contributed by atoms with van der Waals surface area (Å²) < 4.78 is 4.94. The van der Waals surface area contributed by atoms with Crippen molar-refractivity contribution in [2.45, 2.75) is 18.1 Å². The molecule has 5 nitrogen and oxygen atoms in total. The monoisotopic (exact) mass is 387 g/mol. The molecule has 4 rings (SSSR count). The van der Waals surface area contributed by atoms with Crippen molar-refractivity contribution in [2.24, 2.45) is 0 Å². The number of fused-ring (bicyclic) bond motifs is 1. The summed E-state index contributed by atoms with van der Waals surface area (Å²) in [6, 6.07) is 25.3. The molecule has 2 atom stereocenters. The molecule has 1 heterocycles. The Bertz CT molecular complexity index is 1040. The number of amides is 1. The average Bonchev–Trinajstić information content (AvgIpc) is 3.06. The molecule has 1 aliphatic heterocycles. The lowest BCUT2D eigenvalue weighted by molar-refractivity contribution is -0.168. The van der Waals surface area contributed by atoms with Crippen molar-refractivity contribution in [1.29, 1.82) is 0 Å². The smallest absolute Gasteiger partial charge is 0.343 e. The molecule has 0 saturated carbocycles. The van der Waals surface area contributed by atoms with Crippen molar-refractivity contribution in [3.63, 3.8) is 0 Å². The fourth-order valence-corrected chi connectivity index (χ4v) is 3.97. The topological polar surface area (TPSA) is 66.8 Å². The Morgan fingerprint density at radius 2 is 1.55 bits per heavy atom. The number of para-hydroxylation sites is 1. The molecule has 1 amide bonds. The highest BCUT2D eigenvalue weighted by Gasteiger charge is 2.56. The average molecular weight is 387 g/mol. The first-order valence-corrected chi connectivity index (χ1v) is 9.38. The van der Waals surface area contributed by atoms with Crippen LogP contribution in [0, 0.1) is 0 Å². The van der Waals surface area contributed by atoms with Gasteiger partial charge in [0.15, 0.2) is 0 Å². The molecule has 0 radical (unpaired) electrons. The molecule has 0 spiro atoms. The predicted molar refractivity (Wildman–Crippen MR) is 109 cm³/mol. The summed E-state index contributed by atoms with van der Waals surface area (Å²) in [7, 11) is 1.21. The molecule has 0 fully saturated rings. The van der Waals surface area contributed by atoms with E-state index in [-0.39, 0.29) is 5.91 Å². The molecular weight excluding hydrogens is 366 g/mol. The van der Waals surface area contributed by atoms with Gasteiger partial charge < -0.3 is 14.7 Å². The van der Waals surface area contributed by atoms with Crippen molar-refractivity contribution >= 4 is 17.6 Å². The van der Waals surface area contributed by atoms with Crippen LogP contribution in [-0.4, -0.2) is 24.1 Å². The summed E-state index contributed by atoms with van der Waals surface area (Å²) in [6.07, 6.45) is 0. The van der Waals surface area contributed by atoms with Crippen molar-refractivity contribution in [2.75, 3.05) is 12.0 Å². The lowest BCUT2D eigenvalue weighted by Crippen LogP contribution is -2.46. The third-order valence-corrected chi connectivity index (χ3v) is 5.36. The molecule has 0 saturated heterocycles. The van der Waals surface area contributed by atoms with E-state index in [0.29, 0.717) is 23.4 Å². The number of carbonyl (C=O) groups excluding carboxylic acids is 2. The Balaban J connectivity index is 1.84. The van der Waals surface area contributed by atoms with E-state index >= 15 is 0 Å². The van der Waals surface area contributed by atoms with E-state index in [9.17, 15) is 14.7 Å². The van der Waals surface area contributed by atoms with Gasteiger partial charge in [-0.1, -0.05) is 78.9 Å². The molecule has 0 bridgehead atoms. The fourth-order valence-electron chi connectivity index (χ4n) is 3.97. The van der Waals surface area contributed by atoms with E-state index in [2.05, 4.69) is 0 Å². The summed E-state index contributed by atoms with van der Waals surface area (Å²) in [5.74, 6) is -2.30. The second kappa shape index (κ2) is 7.53. The minimum absolute atomic E-state index is 0.321. The maximum Gasteiger partial charge on any atom is 0.343 e. The standard InChI is InChI=1S/C24H21NO4/c1-29-23(27)24(28,18-12-6-3-7-13-18)21-19-14-8-9-15-20(19)25(22(21)26)16-17-10-4-2-5-11-17/h2-15,21,28H,16H2,1H3/t21-,24-/m0/s1. The Hall–Kier alpha value is -3.44. The quantitative estimate of drug-likeness (QED) is 0.682. The number of hydrogen-bond donors (Lipinski definition) is 1. The van der Waals surface area contributed by atoms with Gasteiger partial charge in [-0.3, -0.25) is 4.79 Å². The third kappa shape index (κ3) is 3.09. The number of hydrogen-bond acceptors (Lipinski definition) is 4. The number of aliphatic hydroxyl groups is 1. The molecular formula is C24H21NO4. The summed E-state index contributed by atoms with van der Waals surface area (Å²) in [5.41, 5.74) is 0.434. The molecule has 0 aliphatic carbocycles. The van der Waals surface area contributed by atoms with Gasteiger partial charge in [0.25, 0.3) is 0 Å². The van der Waals surface area contributed by atoms with Gasteiger partial charge in [0, 0.05) is 5.69 Å². The predicted octanol–water partition coefficient (Wildman–Crippen LogP) is 3.38. The fraction of sp³-hybridized carbons (Fsp3) is 0.167. The second-order valence-electron chi connectivity index (χ2n) is 7.03. The molecule has 146 valence electrons. The van der Waals surface area contributed by atoms with Gasteiger partial charge in [-0.05, 0) is 22.8 Å². The Kier molecular flexibility index (Phi) is 4.91. The molecule has 1 aliphatic rings.